The van der Waals surface area contributed by atoms with E-state index >= 15 is 0 Å². The van der Waals surface area contributed by atoms with Crippen molar-refractivity contribution in [1.29, 1.82) is 0 Å². The number of pyridine rings is 1. The van der Waals surface area contributed by atoms with Gasteiger partial charge in [0.1, 0.15) is 0 Å². The van der Waals surface area contributed by atoms with Gasteiger partial charge in [-0.2, -0.15) is 0 Å². The SMILES string of the molecule is COc1ccc(C2CN=C(N)N2C2CC2)cn1. The van der Waals surface area contributed by atoms with Gasteiger partial charge in [-0.1, -0.05) is 0 Å². The number of hydrogen-bond donors (Lipinski definition) is 1. The summed E-state index contributed by atoms with van der Waals surface area (Å²) < 4.78 is 5.06. The Balaban J connectivity index is 1.83. The number of aromatic nitrogens is 1. The lowest BCUT2D eigenvalue weighted by Crippen LogP contribution is -2.37. The first-order valence-corrected chi connectivity index (χ1v) is 5.88. The summed E-state index contributed by atoms with van der Waals surface area (Å²) in [5, 5.41) is 0. The van der Waals surface area contributed by atoms with Gasteiger partial charge in [0.05, 0.1) is 19.7 Å². The smallest absolute Gasteiger partial charge is 0.212 e. The summed E-state index contributed by atoms with van der Waals surface area (Å²) in [4.78, 5) is 10.8. The molecule has 1 fully saturated rings. The molecule has 3 rings (SSSR count). The predicted octanol–water partition coefficient (Wildman–Crippen LogP) is 0.924. The third-order valence-electron chi connectivity index (χ3n) is 3.32. The van der Waals surface area contributed by atoms with Gasteiger partial charge in [0.25, 0.3) is 0 Å². The summed E-state index contributed by atoms with van der Waals surface area (Å²) in [7, 11) is 1.62. The average Bonchev–Trinajstić information content (AvgIpc) is 3.13. The van der Waals surface area contributed by atoms with E-state index in [4.69, 9.17) is 10.5 Å². The maximum absolute atomic E-state index is 5.93. The van der Waals surface area contributed by atoms with Gasteiger partial charge < -0.3 is 15.4 Å². The van der Waals surface area contributed by atoms with Crippen molar-refractivity contribution in [2.24, 2.45) is 10.7 Å². The van der Waals surface area contributed by atoms with Crippen molar-refractivity contribution in [1.82, 2.24) is 9.88 Å². The number of guanidine groups is 1. The largest absolute Gasteiger partial charge is 0.481 e. The van der Waals surface area contributed by atoms with Crippen molar-refractivity contribution in [2.45, 2.75) is 24.9 Å². The molecule has 0 amide bonds. The number of nitrogens with two attached hydrogens (primary N) is 1. The fourth-order valence-corrected chi connectivity index (χ4v) is 2.28. The molecule has 17 heavy (non-hydrogen) atoms. The van der Waals surface area contributed by atoms with E-state index in [0.29, 0.717) is 17.9 Å². The molecule has 2 heterocycles. The van der Waals surface area contributed by atoms with E-state index in [9.17, 15) is 0 Å². The van der Waals surface area contributed by atoms with Crippen molar-refractivity contribution in [3.8, 4) is 5.88 Å². The summed E-state index contributed by atoms with van der Waals surface area (Å²) in [6.07, 6.45) is 4.29. The molecule has 0 saturated heterocycles. The molecular formula is C12H16N4O. The Bertz CT molecular complexity index is 438. The number of nitrogens with zero attached hydrogens (tertiary/aromatic N) is 3. The normalized spacial score (nSPS) is 23.7. The van der Waals surface area contributed by atoms with E-state index in [1.165, 1.54) is 12.8 Å². The molecule has 1 aliphatic carbocycles. The van der Waals surface area contributed by atoms with Gasteiger partial charge in [0, 0.05) is 18.3 Å². The van der Waals surface area contributed by atoms with Crippen molar-refractivity contribution in [3.05, 3.63) is 23.9 Å². The first kappa shape index (κ1) is 10.4. The van der Waals surface area contributed by atoms with Crippen LogP contribution in [0.2, 0.25) is 0 Å². The maximum atomic E-state index is 5.93. The number of hydrogen-bond acceptors (Lipinski definition) is 5. The summed E-state index contributed by atoms with van der Waals surface area (Å²) in [6.45, 7) is 0.732. The molecule has 5 heteroatoms. The molecule has 1 atom stereocenters. The third-order valence-corrected chi connectivity index (χ3v) is 3.32. The van der Waals surface area contributed by atoms with Crippen molar-refractivity contribution >= 4 is 5.96 Å². The van der Waals surface area contributed by atoms with E-state index < -0.39 is 0 Å². The molecule has 0 radical (unpaired) electrons. The Morgan fingerprint density at radius 3 is 2.82 bits per heavy atom. The zero-order valence-corrected chi connectivity index (χ0v) is 9.84. The molecule has 0 bridgehead atoms. The molecule has 1 aliphatic heterocycles. The van der Waals surface area contributed by atoms with E-state index in [1.807, 2.05) is 18.3 Å². The first-order valence-electron chi connectivity index (χ1n) is 5.88. The van der Waals surface area contributed by atoms with Crippen LogP contribution in [0, 0.1) is 0 Å². The summed E-state index contributed by atoms with van der Waals surface area (Å²) in [5.41, 5.74) is 7.09. The van der Waals surface area contributed by atoms with Crippen LogP contribution in [0.25, 0.3) is 0 Å². The minimum atomic E-state index is 0.251. The molecular weight excluding hydrogens is 216 g/mol. The first-order chi connectivity index (χ1) is 8.29. The Labute approximate surface area is 100 Å². The second kappa shape index (κ2) is 3.91. The van der Waals surface area contributed by atoms with Gasteiger partial charge in [-0.3, -0.25) is 4.99 Å². The van der Waals surface area contributed by atoms with E-state index in [-0.39, 0.29) is 6.04 Å². The standard InChI is InChI=1S/C12H16N4O/c1-17-11-5-2-8(6-14-11)10-7-15-12(13)16(10)9-3-4-9/h2,5-6,9-10H,3-4,7H2,1H3,(H2,13,15). The third kappa shape index (κ3) is 1.81. The molecule has 2 N–H and O–H groups in total. The van der Waals surface area contributed by atoms with Gasteiger partial charge in [-0.25, -0.2) is 4.98 Å². The van der Waals surface area contributed by atoms with Crippen LogP contribution < -0.4 is 10.5 Å². The van der Waals surface area contributed by atoms with Crippen LogP contribution >= 0.6 is 0 Å². The number of methoxy groups -OCH3 is 1. The fourth-order valence-electron chi connectivity index (χ4n) is 2.28. The van der Waals surface area contributed by atoms with Crippen molar-refractivity contribution < 1.29 is 4.74 Å². The van der Waals surface area contributed by atoms with Crippen LogP contribution in [0.5, 0.6) is 5.88 Å². The van der Waals surface area contributed by atoms with Crippen LogP contribution in [0.1, 0.15) is 24.4 Å². The highest BCUT2D eigenvalue weighted by Gasteiger charge is 2.38. The molecule has 1 aromatic heterocycles. The van der Waals surface area contributed by atoms with Crippen molar-refractivity contribution in [2.75, 3.05) is 13.7 Å². The predicted molar refractivity (Wildman–Crippen MR) is 64.9 cm³/mol. The number of ether oxygens (including phenoxy) is 1. The molecule has 1 aromatic rings. The van der Waals surface area contributed by atoms with Gasteiger partial charge >= 0.3 is 0 Å². The highest BCUT2D eigenvalue weighted by Crippen LogP contribution is 2.36. The summed E-state index contributed by atoms with van der Waals surface area (Å²) in [5.74, 6) is 1.31. The molecule has 0 aromatic carbocycles. The minimum absolute atomic E-state index is 0.251. The molecule has 90 valence electrons. The fraction of sp³-hybridized carbons (Fsp3) is 0.500. The second-order valence-corrected chi connectivity index (χ2v) is 4.49. The van der Waals surface area contributed by atoms with E-state index in [0.717, 1.165) is 12.1 Å². The van der Waals surface area contributed by atoms with Crippen LogP contribution in [0.3, 0.4) is 0 Å². The monoisotopic (exact) mass is 232 g/mol. The van der Waals surface area contributed by atoms with Crippen LogP contribution in [0.15, 0.2) is 23.3 Å². The Kier molecular flexibility index (Phi) is 2.39. The van der Waals surface area contributed by atoms with E-state index in [1.54, 1.807) is 7.11 Å². The summed E-state index contributed by atoms with van der Waals surface area (Å²) >= 11 is 0. The maximum Gasteiger partial charge on any atom is 0.212 e. The minimum Gasteiger partial charge on any atom is -0.481 e. The lowest BCUT2D eigenvalue weighted by Gasteiger charge is -2.26. The van der Waals surface area contributed by atoms with Crippen molar-refractivity contribution in [3.63, 3.8) is 0 Å². The van der Waals surface area contributed by atoms with Gasteiger partial charge in [0.2, 0.25) is 5.88 Å². The van der Waals surface area contributed by atoms with Gasteiger partial charge in [0.15, 0.2) is 5.96 Å². The zero-order valence-electron chi connectivity index (χ0n) is 9.84. The average molecular weight is 232 g/mol. The molecule has 0 spiro atoms. The topological polar surface area (TPSA) is 63.7 Å². The molecule has 1 unspecified atom stereocenters. The number of rotatable bonds is 3. The lowest BCUT2D eigenvalue weighted by molar-refractivity contribution is 0.336. The highest BCUT2D eigenvalue weighted by molar-refractivity contribution is 5.81. The number of aliphatic imine (C=N–C) groups is 1. The van der Waals surface area contributed by atoms with E-state index in [2.05, 4.69) is 14.9 Å². The Hall–Kier alpha value is -1.78. The highest BCUT2D eigenvalue weighted by atomic mass is 16.5. The molecule has 5 nitrogen and oxygen atoms in total. The van der Waals surface area contributed by atoms with Crippen LogP contribution in [-0.4, -0.2) is 35.5 Å². The molecule has 2 aliphatic rings. The van der Waals surface area contributed by atoms with Crippen LogP contribution in [-0.2, 0) is 0 Å². The second-order valence-electron chi connectivity index (χ2n) is 4.49. The zero-order chi connectivity index (χ0) is 11.8. The quantitative estimate of drug-likeness (QED) is 0.841. The summed E-state index contributed by atoms with van der Waals surface area (Å²) in [6, 6.07) is 4.75. The lowest BCUT2D eigenvalue weighted by atomic mass is 10.1. The van der Waals surface area contributed by atoms with Crippen LogP contribution in [0.4, 0.5) is 0 Å². The Morgan fingerprint density at radius 1 is 1.41 bits per heavy atom. The Morgan fingerprint density at radius 2 is 2.24 bits per heavy atom. The van der Waals surface area contributed by atoms with Gasteiger partial charge in [-0.15, -0.1) is 0 Å². The molecule has 1 saturated carbocycles. The van der Waals surface area contributed by atoms with Gasteiger partial charge in [-0.05, 0) is 24.5 Å².